The van der Waals surface area contributed by atoms with Crippen LogP contribution in [0.1, 0.15) is 57.7 Å². The van der Waals surface area contributed by atoms with Gasteiger partial charge in [-0.2, -0.15) is 0 Å². The zero-order valence-corrected chi connectivity index (χ0v) is 22.3. The molecular weight excluding hydrogens is 468 g/mol. The van der Waals surface area contributed by atoms with Crippen LogP contribution in [0.25, 0.3) is 5.76 Å². The number of likely N-dealkylation sites (tertiary alicyclic amines) is 1. The number of hydrogen-bond donors (Lipinski definition) is 1. The van der Waals surface area contributed by atoms with Crippen LogP contribution in [0.2, 0.25) is 0 Å². The van der Waals surface area contributed by atoms with Crippen LogP contribution in [0.4, 0.5) is 5.69 Å². The van der Waals surface area contributed by atoms with E-state index in [9.17, 15) is 14.7 Å². The summed E-state index contributed by atoms with van der Waals surface area (Å²) < 4.78 is 11.6. The highest BCUT2D eigenvalue weighted by Gasteiger charge is 2.47. The zero-order chi connectivity index (χ0) is 26.5. The zero-order valence-electron chi connectivity index (χ0n) is 22.3. The first-order valence-electron chi connectivity index (χ1n) is 13.3. The normalized spacial score (nSPS) is 21.2. The van der Waals surface area contributed by atoms with Gasteiger partial charge in [0.1, 0.15) is 11.5 Å². The van der Waals surface area contributed by atoms with E-state index in [1.807, 2.05) is 30.3 Å². The summed E-state index contributed by atoms with van der Waals surface area (Å²) in [5.74, 6) is -0.531. The van der Waals surface area contributed by atoms with Gasteiger partial charge in [0.05, 0.1) is 24.3 Å². The second-order valence-corrected chi connectivity index (χ2v) is 10.1. The van der Waals surface area contributed by atoms with E-state index >= 15 is 0 Å². The number of rotatable bonds is 10. The Morgan fingerprint density at radius 3 is 2.49 bits per heavy atom. The molecular formula is C30H38N2O5. The van der Waals surface area contributed by atoms with E-state index in [1.54, 1.807) is 23.1 Å². The van der Waals surface area contributed by atoms with Gasteiger partial charge in [-0.3, -0.25) is 9.59 Å². The summed E-state index contributed by atoms with van der Waals surface area (Å²) in [5, 5.41) is 11.4. The molecule has 2 fully saturated rings. The molecule has 2 unspecified atom stereocenters. The fourth-order valence-corrected chi connectivity index (χ4v) is 5.03. The number of ketones is 1. The molecule has 2 heterocycles. The summed E-state index contributed by atoms with van der Waals surface area (Å²) in [6, 6.07) is 14.3. The number of aliphatic hydroxyl groups excluding tert-OH is 1. The molecule has 1 amide bonds. The van der Waals surface area contributed by atoms with Crippen LogP contribution in [0, 0.1) is 5.92 Å². The first-order chi connectivity index (χ1) is 17.8. The van der Waals surface area contributed by atoms with Crippen LogP contribution in [0.5, 0.6) is 5.75 Å². The molecule has 198 valence electrons. The van der Waals surface area contributed by atoms with E-state index < -0.39 is 17.7 Å². The number of benzene rings is 2. The lowest BCUT2D eigenvalue weighted by atomic mass is 9.94. The molecule has 37 heavy (non-hydrogen) atoms. The van der Waals surface area contributed by atoms with E-state index in [4.69, 9.17) is 9.47 Å². The van der Waals surface area contributed by atoms with Crippen molar-refractivity contribution in [2.45, 2.75) is 52.7 Å². The number of ether oxygens (including phenoxy) is 2. The summed E-state index contributed by atoms with van der Waals surface area (Å²) in [4.78, 5) is 30.4. The molecule has 2 aromatic rings. The van der Waals surface area contributed by atoms with E-state index in [0.717, 1.165) is 37.2 Å². The number of aliphatic hydroxyl groups is 1. The van der Waals surface area contributed by atoms with Gasteiger partial charge in [0, 0.05) is 37.5 Å². The highest BCUT2D eigenvalue weighted by atomic mass is 16.5. The molecule has 0 aliphatic carbocycles. The molecule has 0 spiro atoms. The summed E-state index contributed by atoms with van der Waals surface area (Å²) in [6.07, 6.45) is 1.65. The molecule has 2 aliphatic heterocycles. The highest BCUT2D eigenvalue weighted by molar-refractivity contribution is 6.46. The molecule has 7 heteroatoms. The Morgan fingerprint density at radius 1 is 1.14 bits per heavy atom. The summed E-state index contributed by atoms with van der Waals surface area (Å²) in [6.45, 7) is 11.6. The van der Waals surface area contributed by atoms with Crippen LogP contribution in [-0.4, -0.2) is 60.6 Å². The molecule has 0 aromatic heterocycles. The third kappa shape index (κ3) is 5.82. The second-order valence-electron chi connectivity index (χ2n) is 10.1. The van der Waals surface area contributed by atoms with E-state index in [-0.39, 0.29) is 17.4 Å². The molecule has 2 atom stereocenters. The molecule has 7 nitrogen and oxygen atoms in total. The molecule has 0 bridgehead atoms. The molecule has 4 rings (SSSR count). The monoisotopic (exact) mass is 506 g/mol. The maximum atomic E-state index is 13.4. The maximum absolute atomic E-state index is 13.4. The van der Waals surface area contributed by atoms with Crippen LogP contribution < -0.4 is 9.64 Å². The largest absolute Gasteiger partial charge is 0.507 e. The number of carbonyl (C=O) groups is 2. The minimum atomic E-state index is -0.699. The van der Waals surface area contributed by atoms with E-state index in [0.29, 0.717) is 37.0 Å². The second kappa shape index (κ2) is 11.8. The van der Waals surface area contributed by atoms with Crippen LogP contribution >= 0.6 is 0 Å². The van der Waals surface area contributed by atoms with Gasteiger partial charge in [-0.25, -0.2) is 0 Å². The van der Waals surface area contributed by atoms with Crippen molar-refractivity contribution < 1.29 is 24.2 Å². The Labute approximate surface area is 219 Å². The molecule has 2 aromatic carbocycles. The van der Waals surface area contributed by atoms with E-state index in [1.165, 1.54) is 0 Å². The minimum Gasteiger partial charge on any atom is -0.507 e. The molecule has 2 aliphatic rings. The number of nitrogens with zero attached hydrogens (tertiary/aromatic N) is 2. The van der Waals surface area contributed by atoms with Crippen molar-refractivity contribution in [3.05, 3.63) is 65.2 Å². The van der Waals surface area contributed by atoms with Gasteiger partial charge in [0.2, 0.25) is 0 Å². The van der Waals surface area contributed by atoms with Gasteiger partial charge < -0.3 is 24.4 Å². The number of anilines is 1. The van der Waals surface area contributed by atoms with Gasteiger partial charge in [0.25, 0.3) is 11.7 Å². The Bertz CT molecular complexity index is 1130. The molecule has 2 saturated heterocycles. The fourth-order valence-electron chi connectivity index (χ4n) is 5.03. The van der Waals surface area contributed by atoms with Crippen LogP contribution in [0.15, 0.2) is 54.1 Å². The first kappa shape index (κ1) is 26.7. The van der Waals surface area contributed by atoms with Gasteiger partial charge in [0.15, 0.2) is 0 Å². The van der Waals surface area contributed by atoms with Gasteiger partial charge >= 0.3 is 0 Å². The van der Waals surface area contributed by atoms with Crippen molar-refractivity contribution in [3.8, 4) is 5.75 Å². The smallest absolute Gasteiger partial charge is 0.295 e. The molecule has 0 saturated carbocycles. The lowest BCUT2D eigenvalue weighted by Crippen LogP contribution is -2.36. The number of carbonyl (C=O) groups excluding carboxylic acids is 2. The van der Waals surface area contributed by atoms with Crippen molar-refractivity contribution in [1.82, 2.24) is 4.90 Å². The van der Waals surface area contributed by atoms with Crippen LogP contribution in [0.3, 0.4) is 0 Å². The average molecular weight is 507 g/mol. The summed E-state index contributed by atoms with van der Waals surface area (Å²) >= 11 is 0. The lowest BCUT2D eigenvalue weighted by Gasteiger charge is -2.28. The van der Waals surface area contributed by atoms with Crippen molar-refractivity contribution in [2.75, 3.05) is 37.7 Å². The maximum Gasteiger partial charge on any atom is 0.295 e. The quantitative estimate of drug-likeness (QED) is 0.272. The molecule has 1 N–H and O–H groups in total. The topological polar surface area (TPSA) is 79.3 Å². The van der Waals surface area contributed by atoms with Crippen molar-refractivity contribution in [1.29, 1.82) is 0 Å². The number of amides is 1. The third-order valence-electron chi connectivity index (χ3n) is 6.99. The van der Waals surface area contributed by atoms with Gasteiger partial charge in [-0.1, -0.05) is 38.1 Å². The third-order valence-corrected chi connectivity index (χ3v) is 6.99. The lowest BCUT2D eigenvalue weighted by molar-refractivity contribution is -0.140. The number of Topliss-reactive ketones (excluding diaryl/α,β-unsaturated/α-hetero) is 1. The van der Waals surface area contributed by atoms with Crippen molar-refractivity contribution >= 4 is 23.1 Å². The SMILES string of the molecule is CCN(CC)c1ccc(C2/C(=C(/O)c3cccc(OCC(C)C)c3)C(=O)C(=O)N2CC2CCCO2)cc1. The Morgan fingerprint density at radius 2 is 1.86 bits per heavy atom. The minimum absolute atomic E-state index is 0.0968. The van der Waals surface area contributed by atoms with E-state index in [2.05, 4.69) is 32.6 Å². The molecule has 0 radical (unpaired) electrons. The summed E-state index contributed by atoms with van der Waals surface area (Å²) in [7, 11) is 0. The van der Waals surface area contributed by atoms with Gasteiger partial charge in [-0.15, -0.1) is 0 Å². The Hall–Kier alpha value is -3.32. The number of hydrogen-bond acceptors (Lipinski definition) is 6. The first-order valence-corrected chi connectivity index (χ1v) is 13.3. The average Bonchev–Trinajstić information content (AvgIpc) is 3.51. The van der Waals surface area contributed by atoms with Crippen molar-refractivity contribution in [3.63, 3.8) is 0 Å². The predicted molar refractivity (Wildman–Crippen MR) is 145 cm³/mol. The predicted octanol–water partition coefficient (Wildman–Crippen LogP) is 5.17. The van der Waals surface area contributed by atoms with Crippen molar-refractivity contribution in [2.24, 2.45) is 5.92 Å². The van der Waals surface area contributed by atoms with Crippen LogP contribution in [-0.2, 0) is 14.3 Å². The Kier molecular flexibility index (Phi) is 8.54. The summed E-state index contributed by atoms with van der Waals surface area (Å²) in [5.41, 5.74) is 2.39. The van der Waals surface area contributed by atoms with Gasteiger partial charge in [-0.05, 0) is 62.4 Å². The highest BCUT2D eigenvalue weighted by Crippen LogP contribution is 2.41. The Balaban J connectivity index is 1.76. The fraction of sp³-hybridized carbons (Fsp3) is 0.467. The standard InChI is InChI=1S/C30H38N2O5/c1-5-31(6-2)23-14-12-21(13-15-23)27-26(29(34)30(35)32(27)18-25-11-8-16-36-25)28(33)22-9-7-10-24(17-22)37-19-20(3)4/h7,9-10,12-15,17,20,25,27,33H,5-6,8,11,16,18-19H2,1-4H3/b28-26-.